The van der Waals surface area contributed by atoms with Gasteiger partial charge in [0.2, 0.25) is 0 Å². The number of allylic oxidation sites excluding steroid dienone is 3. The quantitative estimate of drug-likeness (QED) is 0.712. The first-order chi connectivity index (χ1) is 14.5. The van der Waals surface area contributed by atoms with Crippen molar-refractivity contribution < 1.29 is 5.11 Å². The Labute approximate surface area is 184 Å². The summed E-state index contributed by atoms with van der Waals surface area (Å²) in [4.78, 5) is 4.86. The van der Waals surface area contributed by atoms with Crippen LogP contribution in [0, 0.1) is 29.6 Å². The number of fused-ring (bicyclic) bond motifs is 1. The molecule has 3 heteroatoms. The molecule has 0 aromatic carbocycles. The number of hydrogen-bond donors (Lipinski definition) is 1. The Balaban J connectivity index is 1.70. The minimum atomic E-state index is -0.176. The number of aliphatic hydroxyl groups excluding tert-OH is 1. The molecule has 0 radical (unpaired) electrons. The van der Waals surface area contributed by atoms with Crippen molar-refractivity contribution in [3.63, 3.8) is 0 Å². The Morgan fingerprint density at radius 2 is 1.73 bits per heavy atom. The van der Waals surface area contributed by atoms with Crippen molar-refractivity contribution in [3.8, 4) is 0 Å². The fraction of sp³-hybridized carbons (Fsp3) is 0.778. The van der Waals surface area contributed by atoms with Crippen molar-refractivity contribution in [1.82, 2.24) is 9.80 Å². The molecule has 3 nitrogen and oxygen atoms in total. The summed E-state index contributed by atoms with van der Waals surface area (Å²) in [6.45, 7) is 8.17. The van der Waals surface area contributed by atoms with Crippen LogP contribution < -0.4 is 0 Å². The molecule has 5 atom stereocenters. The molecule has 3 fully saturated rings. The van der Waals surface area contributed by atoms with E-state index in [9.17, 15) is 5.11 Å². The number of likely N-dealkylation sites (N-methyl/N-ethyl adjacent to an activating group) is 1. The lowest BCUT2D eigenvalue weighted by atomic mass is 9.57. The number of nitrogens with zero attached hydrogens (tertiary/aromatic N) is 2. The molecule has 1 saturated heterocycles. The second kappa shape index (κ2) is 9.71. The zero-order valence-electron chi connectivity index (χ0n) is 19.8. The van der Waals surface area contributed by atoms with E-state index >= 15 is 0 Å². The van der Waals surface area contributed by atoms with Crippen molar-refractivity contribution in [1.29, 1.82) is 0 Å². The van der Waals surface area contributed by atoms with Crippen molar-refractivity contribution in [2.24, 2.45) is 29.6 Å². The number of hydrogen-bond acceptors (Lipinski definition) is 3. The van der Waals surface area contributed by atoms with Crippen molar-refractivity contribution in [2.45, 2.75) is 70.9 Å². The van der Waals surface area contributed by atoms with Crippen LogP contribution in [0.25, 0.3) is 0 Å². The van der Waals surface area contributed by atoms with E-state index in [1.165, 1.54) is 63.6 Å². The Bertz CT molecular complexity index is 654. The zero-order chi connectivity index (χ0) is 21.3. The summed E-state index contributed by atoms with van der Waals surface area (Å²) in [5.41, 5.74) is 3.04. The molecule has 30 heavy (non-hydrogen) atoms. The molecule has 3 aliphatic carbocycles. The third-order valence-electron chi connectivity index (χ3n) is 8.76. The van der Waals surface area contributed by atoms with Crippen LogP contribution in [0.5, 0.6) is 0 Å². The van der Waals surface area contributed by atoms with E-state index < -0.39 is 0 Å². The molecule has 0 amide bonds. The van der Waals surface area contributed by atoms with Crippen LogP contribution in [-0.4, -0.2) is 60.8 Å². The van der Waals surface area contributed by atoms with E-state index in [-0.39, 0.29) is 6.10 Å². The molecule has 0 aromatic rings. The van der Waals surface area contributed by atoms with Gasteiger partial charge in [0.1, 0.15) is 0 Å². The third-order valence-corrected chi connectivity index (χ3v) is 8.76. The lowest BCUT2D eigenvalue weighted by Crippen LogP contribution is -2.47. The summed E-state index contributed by atoms with van der Waals surface area (Å²) in [6, 6.07) is 0.384. The van der Waals surface area contributed by atoms with Gasteiger partial charge >= 0.3 is 0 Å². The van der Waals surface area contributed by atoms with E-state index in [1.54, 1.807) is 5.57 Å². The Kier molecular flexibility index (Phi) is 7.22. The van der Waals surface area contributed by atoms with E-state index in [1.807, 2.05) is 0 Å². The maximum Gasteiger partial charge on any atom is 0.0634 e. The van der Waals surface area contributed by atoms with Crippen LogP contribution in [0.4, 0.5) is 0 Å². The van der Waals surface area contributed by atoms with E-state index in [0.29, 0.717) is 29.7 Å². The minimum Gasteiger partial charge on any atom is -0.392 e. The van der Waals surface area contributed by atoms with E-state index in [4.69, 9.17) is 0 Å². The normalized spacial score (nSPS) is 38.1. The summed E-state index contributed by atoms with van der Waals surface area (Å²) in [5.74, 6) is 2.91. The topological polar surface area (TPSA) is 26.7 Å². The molecule has 0 spiro atoms. The summed E-state index contributed by atoms with van der Waals surface area (Å²) in [6.07, 6.45) is 18.5. The van der Waals surface area contributed by atoms with Crippen LogP contribution in [0.15, 0.2) is 35.5 Å². The highest BCUT2D eigenvalue weighted by atomic mass is 16.3. The third kappa shape index (κ3) is 4.49. The van der Waals surface area contributed by atoms with Gasteiger partial charge in [0.15, 0.2) is 0 Å². The second-order valence-corrected chi connectivity index (χ2v) is 10.7. The zero-order valence-corrected chi connectivity index (χ0v) is 19.8. The van der Waals surface area contributed by atoms with Crippen molar-refractivity contribution >= 4 is 0 Å². The molecule has 1 N–H and O–H groups in total. The first-order valence-corrected chi connectivity index (χ1v) is 12.7. The number of likely N-dealkylation sites (tertiary alicyclic amines) is 1. The molecular formula is C27H44N2O. The molecule has 0 bridgehead atoms. The molecule has 2 saturated carbocycles. The fourth-order valence-corrected chi connectivity index (χ4v) is 6.96. The first-order valence-electron chi connectivity index (χ1n) is 12.7. The molecule has 1 heterocycles. The van der Waals surface area contributed by atoms with Crippen molar-refractivity contribution in [3.05, 3.63) is 35.5 Å². The van der Waals surface area contributed by atoms with Crippen LogP contribution in [0.3, 0.4) is 0 Å². The van der Waals surface area contributed by atoms with Gasteiger partial charge in [-0.1, -0.05) is 63.0 Å². The van der Waals surface area contributed by atoms with E-state index in [0.717, 1.165) is 12.5 Å². The summed E-state index contributed by atoms with van der Waals surface area (Å²) in [5, 5.41) is 11.5. The summed E-state index contributed by atoms with van der Waals surface area (Å²) < 4.78 is 0. The SMILES string of the molecule is CCN1CCC(C(=C2C=CC(N(C)C)C=C2)C2C(O)C(C)CC3CCCCC32)CC1. The molecular weight excluding hydrogens is 368 g/mol. The smallest absolute Gasteiger partial charge is 0.0634 e. The molecule has 5 unspecified atom stereocenters. The predicted octanol–water partition coefficient (Wildman–Crippen LogP) is 4.89. The highest BCUT2D eigenvalue weighted by Crippen LogP contribution is 2.51. The number of piperidine rings is 1. The van der Waals surface area contributed by atoms with Gasteiger partial charge < -0.3 is 10.0 Å². The largest absolute Gasteiger partial charge is 0.392 e. The maximum atomic E-state index is 11.5. The van der Waals surface area contributed by atoms with E-state index in [2.05, 4.69) is 62.0 Å². The van der Waals surface area contributed by atoms with Crippen molar-refractivity contribution in [2.75, 3.05) is 33.7 Å². The second-order valence-electron chi connectivity index (χ2n) is 10.7. The highest BCUT2D eigenvalue weighted by Gasteiger charge is 2.46. The number of rotatable bonds is 4. The van der Waals surface area contributed by atoms with Crippen LogP contribution in [-0.2, 0) is 0 Å². The molecule has 4 rings (SSSR count). The number of aliphatic hydroxyl groups is 1. The average Bonchev–Trinajstić information content (AvgIpc) is 2.77. The lowest BCUT2D eigenvalue weighted by Gasteiger charge is -2.50. The molecule has 168 valence electrons. The standard InChI is InChI=1S/C27H44N2O/c1-5-29-16-14-21(15-17-29)25(20-10-12-23(13-11-20)28(3)4)26-24-9-7-6-8-22(24)18-19(2)27(26)30/h10-13,19,21-24,26-27,30H,5-9,14-18H2,1-4H3. The molecule has 0 aromatic heterocycles. The first kappa shape index (κ1) is 22.3. The monoisotopic (exact) mass is 412 g/mol. The molecule has 1 aliphatic heterocycles. The molecule has 4 aliphatic rings. The minimum absolute atomic E-state index is 0.176. The van der Waals surface area contributed by atoms with Crippen LogP contribution >= 0.6 is 0 Å². The van der Waals surface area contributed by atoms with Gasteiger partial charge in [0.05, 0.1) is 6.10 Å². The predicted molar refractivity (Wildman–Crippen MR) is 126 cm³/mol. The van der Waals surface area contributed by atoms with Gasteiger partial charge in [0.25, 0.3) is 0 Å². The van der Waals surface area contributed by atoms with Gasteiger partial charge in [-0.2, -0.15) is 0 Å². The van der Waals surface area contributed by atoms with Gasteiger partial charge in [-0.15, -0.1) is 0 Å². The summed E-state index contributed by atoms with van der Waals surface area (Å²) >= 11 is 0. The van der Waals surface area contributed by atoms with Gasteiger partial charge in [-0.25, -0.2) is 0 Å². The highest BCUT2D eigenvalue weighted by molar-refractivity contribution is 5.44. The van der Waals surface area contributed by atoms with Gasteiger partial charge in [-0.05, 0) is 88.7 Å². The van der Waals surface area contributed by atoms with Crippen LogP contribution in [0.2, 0.25) is 0 Å². The van der Waals surface area contributed by atoms with Gasteiger partial charge in [0, 0.05) is 12.0 Å². The Morgan fingerprint density at radius 1 is 1.07 bits per heavy atom. The van der Waals surface area contributed by atoms with Crippen LogP contribution in [0.1, 0.15) is 58.8 Å². The summed E-state index contributed by atoms with van der Waals surface area (Å²) in [7, 11) is 4.29. The maximum absolute atomic E-state index is 11.5. The fourth-order valence-electron chi connectivity index (χ4n) is 6.96. The van der Waals surface area contributed by atoms with Gasteiger partial charge in [-0.3, -0.25) is 4.90 Å². The average molecular weight is 413 g/mol. The Hall–Kier alpha value is -0.900. The lowest BCUT2D eigenvalue weighted by molar-refractivity contribution is -0.0404. The Morgan fingerprint density at radius 3 is 2.37 bits per heavy atom.